The number of carbonyl (C=O) groups is 2. The van der Waals surface area contributed by atoms with E-state index in [-0.39, 0.29) is 5.91 Å². The van der Waals surface area contributed by atoms with E-state index in [1.807, 2.05) is 24.4 Å². The summed E-state index contributed by atoms with van der Waals surface area (Å²) in [4.78, 5) is 25.1. The van der Waals surface area contributed by atoms with Crippen LogP contribution < -0.4 is 0 Å². The maximum absolute atomic E-state index is 12.4. The van der Waals surface area contributed by atoms with E-state index in [0.29, 0.717) is 25.9 Å². The van der Waals surface area contributed by atoms with Crippen molar-refractivity contribution in [2.45, 2.75) is 26.3 Å². The number of rotatable bonds is 4. The first-order valence-electron chi connectivity index (χ1n) is 7.67. The molecule has 0 bridgehead atoms. The summed E-state index contributed by atoms with van der Waals surface area (Å²) in [6.45, 7) is 3.82. The fraction of sp³-hybridized carbons (Fsp3) is 0.412. The van der Waals surface area contributed by atoms with Crippen LogP contribution in [0.25, 0.3) is 10.9 Å². The minimum Gasteiger partial charge on any atom is -0.481 e. The first-order valence-corrected chi connectivity index (χ1v) is 7.67. The van der Waals surface area contributed by atoms with Crippen LogP contribution in [0.3, 0.4) is 0 Å². The summed E-state index contributed by atoms with van der Waals surface area (Å²) in [6, 6.07) is 8.07. The molecule has 1 aromatic heterocycles. The molecule has 0 aliphatic carbocycles. The van der Waals surface area contributed by atoms with Gasteiger partial charge in [-0.2, -0.15) is 0 Å². The molecule has 1 fully saturated rings. The third-order valence-electron chi connectivity index (χ3n) is 4.44. The van der Waals surface area contributed by atoms with Crippen LogP contribution in [0.15, 0.2) is 30.5 Å². The van der Waals surface area contributed by atoms with E-state index in [4.69, 9.17) is 5.11 Å². The molecule has 0 spiro atoms. The Morgan fingerprint density at radius 3 is 2.77 bits per heavy atom. The van der Waals surface area contributed by atoms with E-state index in [1.54, 1.807) is 4.90 Å². The highest BCUT2D eigenvalue weighted by Crippen LogP contribution is 2.23. The molecule has 0 radical (unpaired) electrons. The third kappa shape index (κ3) is 2.58. The lowest BCUT2D eigenvalue weighted by Gasteiger charge is -2.15. The number of para-hydroxylation sites is 1. The minimum absolute atomic E-state index is 0.0164. The van der Waals surface area contributed by atoms with Crippen LogP contribution in [0, 0.1) is 5.92 Å². The molecule has 1 aliphatic heterocycles. The zero-order valence-electron chi connectivity index (χ0n) is 12.7. The van der Waals surface area contributed by atoms with Crippen LogP contribution in [-0.4, -0.2) is 39.5 Å². The van der Waals surface area contributed by atoms with Crippen molar-refractivity contribution in [1.29, 1.82) is 0 Å². The van der Waals surface area contributed by atoms with Gasteiger partial charge < -0.3 is 14.6 Å². The average molecular weight is 300 g/mol. The Kier molecular flexibility index (Phi) is 3.88. The number of nitrogens with zero attached hydrogens (tertiary/aromatic N) is 2. The maximum Gasteiger partial charge on any atom is 0.308 e. The monoisotopic (exact) mass is 300 g/mol. The molecule has 1 atom stereocenters. The van der Waals surface area contributed by atoms with Gasteiger partial charge >= 0.3 is 5.97 Å². The highest BCUT2D eigenvalue weighted by Gasteiger charge is 2.30. The lowest BCUT2D eigenvalue weighted by atomic mass is 10.1. The Morgan fingerprint density at radius 1 is 1.32 bits per heavy atom. The van der Waals surface area contributed by atoms with Gasteiger partial charge in [0.05, 0.1) is 12.3 Å². The smallest absolute Gasteiger partial charge is 0.308 e. The van der Waals surface area contributed by atoms with Crippen molar-refractivity contribution in [3.63, 3.8) is 0 Å². The summed E-state index contributed by atoms with van der Waals surface area (Å²) in [7, 11) is 0. The molecule has 1 N–H and O–H groups in total. The molecule has 1 amide bonds. The fourth-order valence-corrected chi connectivity index (χ4v) is 3.19. The molecule has 1 aliphatic rings. The highest BCUT2D eigenvalue weighted by atomic mass is 16.4. The Bertz CT molecular complexity index is 720. The molecule has 5 nitrogen and oxygen atoms in total. The number of amides is 1. The largest absolute Gasteiger partial charge is 0.481 e. The number of carboxylic acid groups (broad SMARTS) is 1. The van der Waals surface area contributed by atoms with Crippen molar-refractivity contribution in [1.82, 2.24) is 9.47 Å². The number of likely N-dealkylation sites (tertiary alicyclic amines) is 1. The molecule has 1 aromatic carbocycles. The van der Waals surface area contributed by atoms with Crippen LogP contribution >= 0.6 is 0 Å². The van der Waals surface area contributed by atoms with E-state index in [1.165, 1.54) is 0 Å². The second kappa shape index (κ2) is 5.83. The zero-order valence-corrected chi connectivity index (χ0v) is 12.7. The normalized spacial score (nSPS) is 18.0. The summed E-state index contributed by atoms with van der Waals surface area (Å²) in [5.41, 5.74) is 2.15. The van der Waals surface area contributed by atoms with E-state index >= 15 is 0 Å². The van der Waals surface area contributed by atoms with Crippen molar-refractivity contribution in [3.05, 3.63) is 36.0 Å². The molecule has 0 saturated carbocycles. The van der Waals surface area contributed by atoms with Gasteiger partial charge in [0.15, 0.2) is 0 Å². The van der Waals surface area contributed by atoms with Crippen LogP contribution in [0.1, 0.15) is 18.9 Å². The average Bonchev–Trinajstić information content (AvgIpc) is 3.13. The van der Waals surface area contributed by atoms with Crippen LogP contribution in [0.5, 0.6) is 0 Å². The Morgan fingerprint density at radius 2 is 2.09 bits per heavy atom. The van der Waals surface area contributed by atoms with Gasteiger partial charge in [-0.1, -0.05) is 18.2 Å². The van der Waals surface area contributed by atoms with Crippen LogP contribution in [0.2, 0.25) is 0 Å². The number of carboxylic acids is 1. The molecule has 116 valence electrons. The van der Waals surface area contributed by atoms with Gasteiger partial charge in [0.1, 0.15) is 0 Å². The summed E-state index contributed by atoms with van der Waals surface area (Å²) >= 11 is 0. The van der Waals surface area contributed by atoms with Crippen LogP contribution in [-0.2, 0) is 22.6 Å². The van der Waals surface area contributed by atoms with Gasteiger partial charge in [0.2, 0.25) is 5.91 Å². The molecular weight excluding hydrogens is 280 g/mol. The number of benzene rings is 1. The molecule has 5 heteroatoms. The van der Waals surface area contributed by atoms with E-state index in [9.17, 15) is 9.59 Å². The SMILES string of the molecule is CCn1cc(CC(=O)N2CCC(C(=O)O)C2)c2ccccc21. The number of fused-ring (bicyclic) bond motifs is 1. The first kappa shape index (κ1) is 14.6. The third-order valence-corrected chi connectivity index (χ3v) is 4.44. The summed E-state index contributed by atoms with van der Waals surface area (Å²) in [5.74, 6) is -1.21. The number of aryl methyl sites for hydroxylation is 1. The second-order valence-corrected chi connectivity index (χ2v) is 5.80. The van der Waals surface area contributed by atoms with Gasteiger partial charge in [0.25, 0.3) is 0 Å². The summed E-state index contributed by atoms with van der Waals surface area (Å²) in [5, 5.41) is 10.1. The molecule has 2 heterocycles. The lowest BCUT2D eigenvalue weighted by molar-refractivity contribution is -0.141. The van der Waals surface area contributed by atoms with Crippen molar-refractivity contribution in [3.8, 4) is 0 Å². The number of carbonyl (C=O) groups excluding carboxylic acids is 1. The minimum atomic E-state index is -0.808. The van der Waals surface area contributed by atoms with Crippen molar-refractivity contribution in [2.75, 3.05) is 13.1 Å². The fourth-order valence-electron chi connectivity index (χ4n) is 3.19. The summed E-state index contributed by atoms with van der Waals surface area (Å²) in [6.07, 6.45) is 2.92. The van der Waals surface area contributed by atoms with Crippen LogP contribution in [0.4, 0.5) is 0 Å². The van der Waals surface area contributed by atoms with Gasteiger partial charge in [-0.25, -0.2) is 0 Å². The second-order valence-electron chi connectivity index (χ2n) is 5.80. The highest BCUT2D eigenvalue weighted by molar-refractivity contribution is 5.89. The maximum atomic E-state index is 12.4. The van der Waals surface area contributed by atoms with Crippen molar-refractivity contribution >= 4 is 22.8 Å². The van der Waals surface area contributed by atoms with Crippen molar-refractivity contribution in [2.24, 2.45) is 5.92 Å². The predicted octanol–water partition coefficient (Wildman–Crippen LogP) is 2.14. The Hall–Kier alpha value is -2.30. The molecule has 1 unspecified atom stereocenters. The lowest BCUT2D eigenvalue weighted by Crippen LogP contribution is -2.31. The van der Waals surface area contributed by atoms with Gasteiger partial charge in [-0.05, 0) is 25.0 Å². The topological polar surface area (TPSA) is 62.5 Å². The standard InChI is InChI=1S/C17H20N2O3/c1-2-18-11-13(14-5-3-4-6-15(14)18)9-16(20)19-8-7-12(10-19)17(21)22/h3-6,11-12H,2,7-10H2,1H3,(H,21,22). The number of aliphatic carboxylic acids is 1. The summed E-state index contributed by atoms with van der Waals surface area (Å²) < 4.78 is 2.14. The van der Waals surface area contributed by atoms with Gasteiger partial charge in [-0.3, -0.25) is 9.59 Å². The predicted molar refractivity (Wildman–Crippen MR) is 83.6 cm³/mol. The molecule has 22 heavy (non-hydrogen) atoms. The van der Waals surface area contributed by atoms with Crippen molar-refractivity contribution < 1.29 is 14.7 Å². The van der Waals surface area contributed by atoms with Gasteiger partial charge in [-0.15, -0.1) is 0 Å². The molecular formula is C17H20N2O3. The Balaban J connectivity index is 1.79. The quantitative estimate of drug-likeness (QED) is 0.941. The zero-order chi connectivity index (χ0) is 15.7. The molecule has 1 saturated heterocycles. The van der Waals surface area contributed by atoms with Gasteiger partial charge in [0, 0.05) is 36.7 Å². The first-order chi connectivity index (χ1) is 10.6. The Labute approximate surface area is 129 Å². The number of hydrogen-bond donors (Lipinski definition) is 1. The molecule has 2 aromatic rings. The van der Waals surface area contributed by atoms with E-state index < -0.39 is 11.9 Å². The molecule has 3 rings (SSSR count). The van der Waals surface area contributed by atoms with E-state index in [0.717, 1.165) is 23.0 Å². The number of hydrogen-bond acceptors (Lipinski definition) is 2. The number of aromatic nitrogens is 1. The van der Waals surface area contributed by atoms with E-state index in [2.05, 4.69) is 17.6 Å².